The Bertz CT molecular complexity index is 388. The summed E-state index contributed by atoms with van der Waals surface area (Å²) in [7, 11) is 0. The summed E-state index contributed by atoms with van der Waals surface area (Å²) in [6, 6.07) is 1.77. The van der Waals surface area contributed by atoms with Gasteiger partial charge in [-0.25, -0.2) is 0 Å². The zero-order chi connectivity index (χ0) is 13.1. The van der Waals surface area contributed by atoms with E-state index in [4.69, 9.17) is 5.11 Å². The summed E-state index contributed by atoms with van der Waals surface area (Å²) in [5.41, 5.74) is -1.04. The van der Waals surface area contributed by atoms with Crippen LogP contribution in [-0.2, 0) is 6.18 Å². The number of hydrogen-bond acceptors (Lipinski definition) is 3. The fraction of sp³-hybridized carbons (Fsp3) is 0.400. The smallest absolute Gasteiger partial charge is 0.392 e. The number of hydrogen-bond donors (Lipinski definition) is 2. The topological polar surface area (TPSA) is 62.2 Å². The van der Waals surface area contributed by atoms with Crippen molar-refractivity contribution in [1.29, 1.82) is 0 Å². The third-order valence-corrected chi connectivity index (χ3v) is 1.88. The van der Waals surface area contributed by atoms with E-state index in [-0.39, 0.29) is 12.2 Å². The summed E-state index contributed by atoms with van der Waals surface area (Å²) in [5, 5.41) is 11.2. The van der Waals surface area contributed by atoms with Gasteiger partial charge in [-0.15, -0.1) is 0 Å². The standard InChI is InChI=1S/C10H11F3N2O2/c1-6(16)4-15-9(17)8-3-2-7(5-14-8)10(11,12)13/h2-3,5-6,16H,4H2,1H3,(H,15,17)/t6-/m0/s1. The van der Waals surface area contributed by atoms with Crippen LogP contribution in [0.3, 0.4) is 0 Å². The van der Waals surface area contributed by atoms with Crippen molar-refractivity contribution in [2.45, 2.75) is 19.2 Å². The number of carbonyl (C=O) groups excluding carboxylic acids is 1. The Kier molecular flexibility index (Phi) is 4.06. The Balaban J connectivity index is 2.71. The minimum absolute atomic E-state index is 0.0154. The minimum Gasteiger partial charge on any atom is -0.392 e. The highest BCUT2D eigenvalue weighted by Gasteiger charge is 2.30. The van der Waals surface area contributed by atoms with E-state index in [1.54, 1.807) is 0 Å². The molecule has 1 rings (SSSR count). The average molecular weight is 248 g/mol. The predicted octanol–water partition coefficient (Wildman–Crippen LogP) is 1.21. The minimum atomic E-state index is -4.47. The van der Waals surface area contributed by atoms with Crippen molar-refractivity contribution in [3.8, 4) is 0 Å². The molecule has 94 valence electrons. The summed E-state index contributed by atoms with van der Waals surface area (Å²) in [6.45, 7) is 1.49. The predicted molar refractivity (Wildman–Crippen MR) is 53.3 cm³/mol. The molecule has 0 aromatic carbocycles. The molecule has 1 atom stereocenters. The number of aliphatic hydroxyl groups excluding tert-OH is 1. The number of aliphatic hydroxyl groups is 1. The van der Waals surface area contributed by atoms with Gasteiger partial charge in [-0.3, -0.25) is 9.78 Å². The van der Waals surface area contributed by atoms with E-state index in [0.717, 1.165) is 12.1 Å². The van der Waals surface area contributed by atoms with E-state index >= 15 is 0 Å². The van der Waals surface area contributed by atoms with Crippen molar-refractivity contribution in [1.82, 2.24) is 10.3 Å². The second-order valence-electron chi connectivity index (χ2n) is 3.49. The largest absolute Gasteiger partial charge is 0.417 e. The number of halogens is 3. The Hall–Kier alpha value is -1.63. The summed E-state index contributed by atoms with van der Waals surface area (Å²) >= 11 is 0. The van der Waals surface area contributed by atoms with Gasteiger partial charge in [0.2, 0.25) is 0 Å². The van der Waals surface area contributed by atoms with Crippen LogP contribution in [-0.4, -0.2) is 28.6 Å². The number of nitrogens with one attached hydrogen (secondary N) is 1. The molecule has 0 unspecified atom stereocenters. The number of aromatic nitrogens is 1. The highest BCUT2D eigenvalue weighted by molar-refractivity contribution is 5.92. The van der Waals surface area contributed by atoms with Crippen molar-refractivity contribution in [2.75, 3.05) is 6.54 Å². The molecular formula is C10H11F3N2O2. The molecule has 0 radical (unpaired) electrons. The molecule has 0 saturated heterocycles. The Labute approximate surface area is 95.5 Å². The van der Waals surface area contributed by atoms with E-state index in [0.29, 0.717) is 6.20 Å². The lowest BCUT2D eigenvalue weighted by molar-refractivity contribution is -0.137. The monoisotopic (exact) mass is 248 g/mol. The zero-order valence-corrected chi connectivity index (χ0v) is 8.95. The number of nitrogens with zero attached hydrogens (tertiary/aromatic N) is 1. The molecule has 1 heterocycles. The first-order valence-electron chi connectivity index (χ1n) is 4.80. The number of pyridine rings is 1. The maximum absolute atomic E-state index is 12.2. The lowest BCUT2D eigenvalue weighted by Gasteiger charge is -2.08. The van der Waals surface area contributed by atoms with Gasteiger partial charge in [-0.1, -0.05) is 0 Å². The fourth-order valence-corrected chi connectivity index (χ4v) is 1.03. The van der Waals surface area contributed by atoms with E-state index < -0.39 is 23.8 Å². The van der Waals surface area contributed by atoms with Gasteiger partial charge >= 0.3 is 6.18 Å². The van der Waals surface area contributed by atoms with Gasteiger partial charge < -0.3 is 10.4 Å². The highest BCUT2D eigenvalue weighted by atomic mass is 19.4. The van der Waals surface area contributed by atoms with Gasteiger partial charge in [0.05, 0.1) is 11.7 Å². The van der Waals surface area contributed by atoms with Gasteiger partial charge in [0.25, 0.3) is 5.91 Å². The van der Waals surface area contributed by atoms with Crippen molar-refractivity contribution in [3.63, 3.8) is 0 Å². The molecule has 0 aliphatic rings. The Morgan fingerprint density at radius 1 is 1.53 bits per heavy atom. The molecule has 7 heteroatoms. The molecule has 1 amide bonds. The summed E-state index contributed by atoms with van der Waals surface area (Å²) in [4.78, 5) is 14.8. The van der Waals surface area contributed by atoms with Gasteiger partial charge in [-0.05, 0) is 19.1 Å². The third kappa shape index (κ3) is 4.03. The summed E-state index contributed by atoms with van der Waals surface area (Å²) in [5.74, 6) is -0.625. The summed E-state index contributed by atoms with van der Waals surface area (Å²) in [6.07, 6.45) is -4.60. The highest BCUT2D eigenvalue weighted by Crippen LogP contribution is 2.28. The summed E-state index contributed by atoms with van der Waals surface area (Å²) < 4.78 is 36.6. The van der Waals surface area contributed by atoms with Gasteiger partial charge in [0.15, 0.2) is 0 Å². The molecule has 0 bridgehead atoms. The van der Waals surface area contributed by atoms with E-state index in [1.807, 2.05) is 0 Å². The van der Waals surface area contributed by atoms with Crippen LogP contribution >= 0.6 is 0 Å². The number of rotatable bonds is 3. The quantitative estimate of drug-likeness (QED) is 0.845. The average Bonchev–Trinajstić information content (AvgIpc) is 2.25. The molecule has 0 spiro atoms. The van der Waals surface area contributed by atoms with Crippen molar-refractivity contribution >= 4 is 5.91 Å². The van der Waals surface area contributed by atoms with E-state index in [9.17, 15) is 18.0 Å². The molecule has 0 aliphatic carbocycles. The first kappa shape index (κ1) is 13.4. The maximum atomic E-state index is 12.2. The molecule has 0 fully saturated rings. The molecule has 2 N–H and O–H groups in total. The molecule has 0 aliphatic heterocycles. The Morgan fingerprint density at radius 3 is 2.59 bits per heavy atom. The van der Waals surface area contributed by atoms with Crippen LogP contribution in [0, 0.1) is 0 Å². The lowest BCUT2D eigenvalue weighted by atomic mass is 10.2. The van der Waals surface area contributed by atoms with Crippen LogP contribution in [0.25, 0.3) is 0 Å². The van der Waals surface area contributed by atoms with Crippen LogP contribution in [0.15, 0.2) is 18.3 Å². The van der Waals surface area contributed by atoms with Crippen LogP contribution in [0.4, 0.5) is 13.2 Å². The number of carbonyl (C=O) groups is 1. The van der Waals surface area contributed by atoms with Crippen molar-refractivity contribution in [2.24, 2.45) is 0 Å². The SMILES string of the molecule is C[C@H](O)CNC(=O)c1ccc(C(F)(F)F)cn1. The molecular weight excluding hydrogens is 237 g/mol. The first-order valence-corrected chi connectivity index (χ1v) is 4.80. The second kappa shape index (κ2) is 5.13. The zero-order valence-electron chi connectivity index (χ0n) is 8.95. The van der Waals surface area contributed by atoms with Crippen LogP contribution in [0.5, 0.6) is 0 Å². The van der Waals surface area contributed by atoms with Gasteiger partial charge in [-0.2, -0.15) is 13.2 Å². The molecule has 0 saturated carbocycles. The molecule has 1 aromatic rings. The van der Waals surface area contributed by atoms with E-state index in [2.05, 4.69) is 10.3 Å². The second-order valence-corrected chi connectivity index (χ2v) is 3.49. The van der Waals surface area contributed by atoms with Crippen LogP contribution < -0.4 is 5.32 Å². The first-order chi connectivity index (χ1) is 7.80. The third-order valence-electron chi connectivity index (χ3n) is 1.88. The Morgan fingerprint density at radius 2 is 2.18 bits per heavy atom. The lowest BCUT2D eigenvalue weighted by Crippen LogP contribution is -2.31. The molecule has 17 heavy (non-hydrogen) atoms. The van der Waals surface area contributed by atoms with Gasteiger partial charge in [0, 0.05) is 12.7 Å². The molecule has 4 nitrogen and oxygen atoms in total. The van der Waals surface area contributed by atoms with Crippen LogP contribution in [0.2, 0.25) is 0 Å². The maximum Gasteiger partial charge on any atom is 0.417 e. The fourth-order valence-electron chi connectivity index (χ4n) is 1.03. The molecule has 1 aromatic heterocycles. The van der Waals surface area contributed by atoms with Crippen molar-refractivity contribution < 1.29 is 23.1 Å². The number of amides is 1. The van der Waals surface area contributed by atoms with Crippen molar-refractivity contribution in [3.05, 3.63) is 29.6 Å². The number of alkyl halides is 3. The normalized spacial score (nSPS) is 13.2. The van der Waals surface area contributed by atoms with Gasteiger partial charge in [0.1, 0.15) is 5.69 Å². The van der Waals surface area contributed by atoms with E-state index in [1.165, 1.54) is 6.92 Å². The van der Waals surface area contributed by atoms with Crippen LogP contribution in [0.1, 0.15) is 23.0 Å².